The minimum Gasteiger partial charge on any atom is -0.493 e. The molecule has 0 unspecified atom stereocenters. The maximum atomic E-state index is 12.6. The lowest BCUT2D eigenvalue weighted by Gasteiger charge is -2.12. The molecule has 5 aromatic rings. The SMILES string of the molecule is COc1ccc(-c2nnc(SCC(=O)N/N=C/c3ccc(OCc4ccccc4)cc3)n2-c2ccccc2)cc1OC. The van der Waals surface area contributed by atoms with Gasteiger partial charge in [-0.3, -0.25) is 9.36 Å². The van der Waals surface area contributed by atoms with Crippen molar-refractivity contribution in [2.45, 2.75) is 11.8 Å². The van der Waals surface area contributed by atoms with Gasteiger partial charge in [-0.1, -0.05) is 60.3 Å². The van der Waals surface area contributed by atoms with E-state index in [0.717, 1.165) is 28.1 Å². The van der Waals surface area contributed by atoms with E-state index in [9.17, 15) is 4.79 Å². The molecule has 10 heteroatoms. The van der Waals surface area contributed by atoms with Crippen molar-refractivity contribution in [2.75, 3.05) is 20.0 Å². The van der Waals surface area contributed by atoms with Crippen molar-refractivity contribution in [2.24, 2.45) is 5.10 Å². The van der Waals surface area contributed by atoms with Crippen molar-refractivity contribution in [3.8, 4) is 34.3 Å². The van der Waals surface area contributed by atoms with Gasteiger partial charge in [-0.2, -0.15) is 5.10 Å². The molecule has 0 saturated carbocycles. The number of aromatic nitrogens is 3. The summed E-state index contributed by atoms with van der Waals surface area (Å²) in [6.45, 7) is 0.496. The van der Waals surface area contributed by atoms with E-state index in [-0.39, 0.29) is 11.7 Å². The molecule has 42 heavy (non-hydrogen) atoms. The van der Waals surface area contributed by atoms with Gasteiger partial charge in [-0.15, -0.1) is 10.2 Å². The molecule has 9 nitrogen and oxygen atoms in total. The lowest BCUT2D eigenvalue weighted by molar-refractivity contribution is -0.118. The minimum absolute atomic E-state index is 0.0977. The van der Waals surface area contributed by atoms with Crippen LogP contribution < -0.4 is 19.6 Å². The highest BCUT2D eigenvalue weighted by Gasteiger charge is 2.18. The molecule has 1 N–H and O–H groups in total. The molecule has 0 aliphatic rings. The summed E-state index contributed by atoms with van der Waals surface area (Å²) in [5.74, 6) is 2.39. The number of benzene rings is 4. The van der Waals surface area contributed by atoms with Crippen LogP contribution in [0.25, 0.3) is 17.1 Å². The number of methoxy groups -OCH3 is 2. The van der Waals surface area contributed by atoms with E-state index < -0.39 is 0 Å². The number of para-hydroxylation sites is 1. The largest absolute Gasteiger partial charge is 0.493 e. The molecule has 212 valence electrons. The monoisotopic (exact) mass is 579 g/mol. The number of hydrazone groups is 1. The third-order valence-electron chi connectivity index (χ3n) is 6.15. The van der Waals surface area contributed by atoms with Gasteiger partial charge >= 0.3 is 0 Å². The zero-order valence-electron chi connectivity index (χ0n) is 23.1. The molecule has 0 radical (unpaired) electrons. The van der Waals surface area contributed by atoms with Crippen LogP contribution in [0.1, 0.15) is 11.1 Å². The summed E-state index contributed by atoms with van der Waals surface area (Å²) in [6, 6.07) is 32.8. The molecule has 0 bridgehead atoms. The van der Waals surface area contributed by atoms with Gasteiger partial charge in [-0.25, -0.2) is 5.43 Å². The summed E-state index contributed by atoms with van der Waals surface area (Å²) in [7, 11) is 3.18. The number of hydrogen-bond acceptors (Lipinski definition) is 8. The van der Waals surface area contributed by atoms with E-state index in [0.29, 0.717) is 29.1 Å². The number of rotatable bonds is 12. The van der Waals surface area contributed by atoms with Gasteiger partial charge in [0.2, 0.25) is 0 Å². The summed E-state index contributed by atoms with van der Waals surface area (Å²) in [4.78, 5) is 12.6. The maximum Gasteiger partial charge on any atom is 0.250 e. The van der Waals surface area contributed by atoms with Crippen LogP contribution in [-0.4, -0.2) is 46.9 Å². The molecule has 5 rings (SSSR count). The number of carbonyl (C=O) groups excluding carboxylic acids is 1. The second-order valence-electron chi connectivity index (χ2n) is 8.97. The Morgan fingerprint density at radius 3 is 2.31 bits per heavy atom. The Morgan fingerprint density at radius 2 is 1.60 bits per heavy atom. The Kier molecular flexibility index (Phi) is 9.48. The standard InChI is InChI=1S/C32H29N5O4S/c1-39-28-18-15-25(19-29(28)40-2)31-35-36-32(37(31)26-11-7-4-8-12-26)42-22-30(38)34-33-20-23-13-16-27(17-14-23)41-21-24-9-5-3-6-10-24/h3-20H,21-22H2,1-2H3,(H,34,38)/b33-20+. The van der Waals surface area contributed by atoms with Gasteiger partial charge < -0.3 is 14.2 Å². The summed E-state index contributed by atoms with van der Waals surface area (Å²) in [6.07, 6.45) is 1.59. The average Bonchev–Trinajstić information content (AvgIpc) is 3.48. The van der Waals surface area contributed by atoms with E-state index in [4.69, 9.17) is 14.2 Å². The van der Waals surface area contributed by atoms with Crippen LogP contribution in [0.4, 0.5) is 0 Å². The van der Waals surface area contributed by atoms with Crippen molar-refractivity contribution in [3.63, 3.8) is 0 Å². The molecular weight excluding hydrogens is 550 g/mol. The number of amides is 1. The predicted octanol–water partition coefficient (Wildman–Crippen LogP) is 5.77. The number of ether oxygens (including phenoxy) is 3. The molecule has 0 atom stereocenters. The van der Waals surface area contributed by atoms with Crippen LogP contribution in [0.15, 0.2) is 113 Å². The summed E-state index contributed by atoms with van der Waals surface area (Å²) >= 11 is 1.27. The van der Waals surface area contributed by atoms with E-state index in [1.807, 2.05) is 108 Å². The Balaban J connectivity index is 1.21. The molecular formula is C32H29N5O4S. The molecule has 0 aliphatic carbocycles. The van der Waals surface area contributed by atoms with Gasteiger partial charge in [0.15, 0.2) is 22.5 Å². The number of thioether (sulfide) groups is 1. The number of nitrogens with zero attached hydrogens (tertiary/aromatic N) is 4. The van der Waals surface area contributed by atoms with Crippen molar-refractivity contribution in [1.29, 1.82) is 0 Å². The highest BCUT2D eigenvalue weighted by Crippen LogP contribution is 2.34. The van der Waals surface area contributed by atoms with Gasteiger partial charge in [0.05, 0.1) is 26.2 Å². The second kappa shape index (κ2) is 14.0. The van der Waals surface area contributed by atoms with Gasteiger partial charge in [0.1, 0.15) is 12.4 Å². The lowest BCUT2D eigenvalue weighted by atomic mass is 10.2. The molecule has 1 heterocycles. The second-order valence-corrected chi connectivity index (χ2v) is 9.91. The Labute approximate surface area is 248 Å². The normalized spacial score (nSPS) is 10.9. The molecule has 4 aromatic carbocycles. The minimum atomic E-state index is -0.269. The van der Waals surface area contributed by atoms with Crippen molar-refractivity contribution >= 4 is 23.9 Å². The first-order valence-corrected chi connectivity index (χ1v) is 14.1. The van der Waals surface area contributed by atoms with Crippen LogP contribution in [0.3, 0.4) is 0 Å². The highest BCUT2D eigenvalue weighted by molar-refractivity contribution is 7.99. The molecule has 0 fully saturated rings. The average molecular weight is 580 g/mol. The number of hydrogen-bond donors (Lipinski definition) is 1. The molecule has 0 saturated heterocycles. The molecule has 1 amide bonds. The van der Waals surface area contributed by atoms with Crippen molar-refractivity contribution in [1.82, 2.24) is 20.2 Å². The zero-order chi connectivity index (χ0) is 29.1. The van der Waals surface area contributed by atoms with Gasteiger partial charge in [0.25, 0.3) is 5.91 Å². The maximum absolute atomic E-state index is 12.6. The van der Waals surface area contributed by atoms with Crippen molar-refractivity contribution < 1.29 is 19.0 Å². The fraction of sp³-hybridized carbons (Fsp3) is 0.125. The highest BCUT2D eigenvalue weighted by atomic mass is 32.2. The first kappa shape index (κ1) is 28.4. The van der Waals surface area contributed by atoms with Crippen LogP contribution >= 0.6 is 11.8 Å². The fourth-order valence-corrected chi connectivity index (χ4v) is 4.81. The molecule has 0 aliphatic heterocycles. The Bertz CT molecular complexity index is 1640. The Hall–Kier alpha value is -5.09. The van der Waals surface area contributed by atoms with Crippen LogP contribution in [0, 0.1) is 0 Å². The predicted molar refractivity (Wildman–Crippen MR) is 164 cm³/mol. The third-order valence-corrected chi connectivity index (χ3v) is 7.08. The zero-order valence-corrected chi connectivity index (χ0v) is 24.0. The summed E-state index contributed by atoms with van der Waals surface area (Å²) in [5, 5.41) is 13.5. The summed E-state index contributed by atoms with van der Waals surface area (Å²) < 4.78 is 18.6. The first-order chi connectivity index (χ1) is 20.6. The van der Waals surface area contributed by atoms with E-state index in [1.165, 1.54) is 11.8 Å². The molecule has 1 aromatic heterocycles. The quantitative estimate of drug-likeness (QED) is 0.114. The van der Waals surface area contributed by atoms with E-state index in [1.54, 1.807) is 20.4 Å². The topological polar surface area (TPSA) is 99.9 Å². The smallest absolute Gasteiger partial charge is 0.250 e. The van der Waals surface area contributed by atoms with Gasteiger partial charge in [-0.05, 0) is 65.7 Å². The van der Waals surface area contributed by atoms with Crippen molar-refractivity contribution in [3.05, 3.63) is 114 Å². The fourth-order valence-electron chi connectivity index (χ4n) is 4.07. The van der Waals surface area contributed by atoms with E-state index >= 15 is 0 Å². The van der Waals surface area contributed by atoms with E-state index in [2.05, 4.69) is 20.7 Å². The first-order valence-electron chi connectivity index (χ1n) is 13.1. The summed E-state index contributed by atoms with van der Waals surface area (Å²) in [5.41, 5.74) is 6.17. The van der Waals surface area contributed by atoms with Crippen LogP contribution in [0.2, 0.25) is 0 Å². The van der Waals surface area contributed by atoms with Gasteiger partial charge in [0, 0.05) is 11.3 Å². The van der Waals surface area contributed by atoms with Crippen LogP contribution in [-0.2, 0) is 11.4 Å². The third kappa shape index (κ3) is 7.15. The molecule has 0 spiro atoms. The Morgan fingerprint density at radius 1 is 0.881 bits per heavy atom. The van der Waals surface area contributed by atoms with Crippen LogP contribution in [0.5, 0.6) is 17.2 Å². The number of nitrogens with one attached hydrogen (secondary N) is 1. The lowest BCUT2D eigenvalue weighted by Crippen LogP contribution is -2.20. The number of carbonyl (C=O) groups is 1.